The van der Waals surface area contributed by atoms with Crippen molar-refractivity contribution in [2.75, 3.05) is 29.2 Å². The molecule has 2 aromatic rings. The SMILES string of the molecule is COc1ccc(N2C[C@H](NC(=O)Nc3cccc(NC(C)=O)c3)CC2=O)cc1. The number of ether oxygens (including phenoxy) is 1. The quantitative estimate of drug-likeness (QED) is 0.740. The van der Waals surface area contributed by atoms with Crippen LogP contribution in [0.15, 0.2) is 48.5 Å². The fourth-order valence-electron chi connectivity index (χ4n) is 3.05. The van der Waals surface area contributed by atoms with Crippen LogP contribution in [0.5, 0.6) is 5.75 Å². The Balaban J connectivity index is 1.57. The Morgan fingerprint density at radius 2 is 1.75 bits per heavy atom. The van der Waals surface area contributed by atoms with E-state index in [1.54, 1.807) is 48.4 Å². The molecular formula is C20H22N4O4. The average Bonchev–Trinajstić information content (AvgIpc) is 3.01. The van der Waals surface area contributed by atoms with Gasteiger partial charge in [0.15, 0.2) is 0 Å². The van der Waals surface area contributed by atoms with Crippen LogP contribution in [0.4, 0.5) is 21.9 Å². The summed E-state index contributed by atoms with van der Waals surface area (Å²) in [5.41, 5.74) is 1.89. The van der Waals surface area contributed by atoms with Gasteiger partial charge in [0.1, 0.15) is 5.75 Å². The molecule has 1 aliphatic heterocycles. The maximum Gasteiger partial charge on any atom is 0.319 e. The monoisotopic (exact) mass is 382 g/mol. The van der Waals surface area contributed by atoms with Crippen molar-refractivity contribution in [3.8, 4) is 5.75 Å². The Hall–Kier alpha value is -3.55. The van der Waals surface area contributed by atoms with Gasteiger partial charge in [0.25, 0.3) is 0 Å². The van der Waals surface area contributed by atoms with Gasteiger partial charge in [-0.1, -0.05) is 6.07 Å². The first-order valence-corrected chi connectivity index (χ1v) is 8.84. The van der Waals surface area contributed by atoms with Gasteiger partial charge in [-0.25, -0.2) is 4.79 Å². The number of benzene rings is 2. The van der Waals surface area contributed by atoms with Gasteiger partial charge in [-0.15, -0.1) is 0 Å². The molecule has 1 saturated heterocycles. The van der Waals surface area contributed by atoms with E-state index in [2.05, 4.69) is 16.0 Å². The molecule has 4 amide bonds. The number of carbonyl (C=O) groups excluding carboxylic acids is 3. The lowest BCUT2D eigenvalue weighted by molar-refractivity contribution is -0.117. The third kappa shape index (κ3) is 4.79. The van der Waals surface area contributed by atoms with Crippen LogP contribution in [-0.4, -0.2) is 37.5 Å². The van der Waals surface area contributed by atoms with Gasteiger partial charge in [0.2, 0.25) is 11.8 Å². The second-order valence-corrected chi connectivity index (χ2v) is 6.46. The zero-order valence-electron chi connectivity index (χ0n) is 15.7. The first-order chi connectivity index (χ1) is 13.4. The molecule has 1 heterocycles. The van der Waals surface area contributed by atoms with Crippen molar-refractivity contribution < 1.29 is 19.1 Å². The molecule has 1 aliphatic rings. The van der Waals surface area contributed by atoms with Crippen LogP contribution in [0.2, 0.25) is 0 Å². The van der Waals surface area contributed by atoms with E-state index >= 15 is 0 Å². The molecular weight excluding hydrogens is 360 g/mol. The Kier molecular flexibility index (Phi) is 5.78. The number of methoxy groups -OCH3 is 1. The molecule has 0 unspecified atom stereocenters. The van der Waals surface area contributed by atoms with Crippen molar-refractivity contribution in [2.24, 2.45) is 0 Å². The molecule has 8 nitrogen and oxygen atoms in total. The maximum atomic E-state index is 12.3. The molecule has 2 aromatic carbocycles. The lowest BCUT2D eigenvalue weighted by atomic mass is 10.2. The Morgan fingerprint density at radius 1 is 1.07 bits per heavy atom. The molecule has 0 spiro atoms. The molecule has 1 fully saturated rings. The number of nitrogens with one attached hydrogen (secondary N) is 3. The fourth-order valence-corrected chi connectivity index (χ4v) is 3.05. The number of hydrogen-bond donors (Lipinski definition) is 3. The maximum absolute atomic E-state index is 12.3. The molecule has 146 valence electrons. The normalized spacial score (nSPS) is 15.9. The van der Waals surface area contributed by atoms with E-state index in [-0.39, 0.29) is 24.3 Å². The molecule has 0 aliphatic carbocycles. The second kappa shape index (κ2) is 8.43. The van der Waals surface area contributed by atoms with E-state index in [4.69, 9.17) is 4.74 Å². The van der Waals surface area contributed by atoms with Crippen LogP contribution < -0.4 is 25.6 Å². The fraction of sp³-hybridized carbons (Fsp3) is 0.250. The number of nitrogens with zero attached hydrogens (tertiary/aromatic N) is 1. The van der Waals surface area contributed by atoms with Crippen molar-refractivity contribution in [2.45, 2.75) is 19.4 Å². The van der Waals surface area contributed by atoms with Crippen molar-refractivity contribution in [3.05, 3.63) is 48.5 Å². The highest BCUT2D eigenvalue weighted by molar-refractivity contribution is 5.98. The summed E-state index contributed by atoms with van der Waals surface area (Å²) in [5, 5.41) is 8.19. The second-order valence-electron chi connectivity index (χ2n) is 6.46. The number of hydrogen-bond acceptors (Lipinski definition) is 4. The summed E-state index contributed by atoms with van der Waals surface area (Å²) in [6.07, 6.45) is 0.228. The number of urea groups is 1. The minimum absolute atomic E-state index is 0.0527. The largest absolute Gasteiger partial charge is 0.497 e. The predicted octanol–water partition coefficient (Wildman–Crippen LogP) is 2.58. The van der Waals surface area contributed by atoms with Gasteiger partial charge in [0, 0.05) is 37.0 Å². The third-order valence-electron chi connectivity index (χ3n) is 4.29. The number of carbonyl (C=O) groups is 3. The first-order valence-electron chi connectivity index (χ1n) is 8.84. The summed E-state index contributed by atoms with van der Waals surface area (Å²) < 4.78 is 5.13. The number of amides is 4. The topological polar surface area (TPSA) is 99.8 Å². The van der Waals surface area contributed by atoms with Gasteiger partial charge in [-0.05, 0) is 42.5 Å². The van der Waals surface area contributed by atoms with E-state index in [9.17, 15) is 14.4 Å². The van der Waals surface area contributed by atoms with E-state index in [0.29, 0.717) is 23.7 Å². The highest BCUT2D eigenvalue weighted by atomic mass is 16.5. The minimum Gasteiger partial charge on any atom is -0.497 e. The third-order valence-corrected chi connectivity index (χ3v) is 4.29. The molecule has 0 radical (unpaired) electrons. The molecule has 28 heavy (non-hydrogen) atoms. The summed E-state index contributed by atoms with van der Waals surface area (Å²) in [7, 11) is 1.58. The first kappa shape index (κ1) is 19.2. The van der Waals surface area contributed by atoms with Gasteiger partial charge in [-0.2, -0.15) is 0 Å². The van der Waals surface area contributed by atoms with Crippen molar-refractivity contribution in [3.63, 3.8) is 0 Å². The Bertz CT molecular complexity index is 882. The standard InChI is InChI=1S/C20H22N4O4/c1-13(25)21-14-4-3-5-15(10-14)22-20(27)23-16-11-19(26)24(12-16)17-6-8-18(28-2)9-7-17/h3-10,16H,11-12H2,1-2H3,(H,21,25)(H2,22,23,27)/t16-/m1/s1. The molecule has 1 atom stereocenters. The van der Waals surface area contributed by atoms with E-state index < -0.39 is 6.03 Å². The molecule has 3 N–H and O–H groups in total. The Labute approximate surface area is 162 Å². The molecule has 0 bridgehead atoms. The van der Waals surface area contributed by atoms with Crippen LogP contribution in [0.1, 0.15) is 13.3 Å². The number of rotatable bonds is 5. The van der Waals surface area contributed by atoms with Crippen molar-refractivity contribution >= 4 is 34.9 Å². The van der Waals surface area contributed by atoms with Gasteiger partial charge >= 0.3 is 6.03 Å². The van der Waals surface area contributed by atoms with Crippen molar-refractivity contribution in [1.82, 2.24) is 5.32 Å². The molecule has 8 heteroatoms. The summed E-state index contributed by atoms with van der Waals surface area (Å²) in [5.74, 6) is 0.471. The zero-order valence-corrected chi connectivity index (χ0v) is 15.7. The van der Waals surface area contributed by atoms with Crippen LogP contribution in [0, 0.1) is 0 Å². The Morgan fingerprint density at radius 3 is 2.39 bits per heavy atom. The van der Waals surface area contributed by atoms with Gasteiger partial charge in [0.05, 0.1) is 13.2 Å². The van der Waals surface area contributed by atoms with E-state index in [1.807, 2.05) is 12.1 Å². The zero-order chi connectivity index (χ0) is 20.1. The highest BCUT2D eigenvalue weighted by Crippen LogP contribution is 2.24. The predicted molar refractivity (Wildman–Crippen MR) is 107 cm³/mol. The van der Waals surface area contributed by atoms with Crippen LogP contribution >= 0.6 is 0 Å². The van der Waals surface area contributed by atoms with Crippen molar-refractivity contribution in [1.29, 1.82) is 0 Å². The minimum atomic E-state index is -0.408. The van der Waals surface area contributed by atoms with Gasteiger partial charge < -0.3 is 25.6 Å². The van der Waals surface area contributed by atoms with E-state index in [1.165, 1.54) is 6.92 Å². The highest BCUT2D eigenvalue weighted by Gasteiger charge is 2.31. The average molecular weight is 382 g/mol. The summed E-state index contributed by atoms with van der Waals surface area (Å²) in [6.45, 7) is 1.81. The molecule has 0 aromatic heterocycles. The molecule has 0 saturated carbocycles. The van der Waals surface area contributed by atoms with Crippen LogP contribution in [0.3, 0.4) is 0 Å². The molecule has 3 rings (SSSR count). The summed E-state index contributed by atoms with van der Waals surface area (Å²) >= 11 is 0. The van der Waals surface area contributed by atoms with E-state index in [0.717, 1.165) is 5.69 Å². The lowest BCUT2D eigenvalue weighted by Gasteiger charge is -2.18. The summed E-state index contributed by atoms with van der Waals surface area (Å²) in [6, 6.07) is 13.3. The van der Waals surface area contributed by atoms with Crippen LogP contribution in [-0.2, 0) is 9.59 Å². The smallest absolute Gasteiger partial charge is 0.319 e. The van der Waals surface area contributed by atoms with Gasteiger partial charge in [-0.3, -0.25) is 9.59 Å². The number of anilines is 3. The van der Waals surface area contributed by atoms with Crippen LogP contribution in [0.25, 0.3) is 0 Å². The lowest BCUT2D eigenvalue weighted by Crippen LogP contribution is -2.39. The summed E-state index contributed by atoms with van der Waals surface area (Å²) in [4.78, 5) is 37.4.